The fourth-order valence-electron chi connectivity index (χ4n) is 1.55. The van der Waals surface area contributed by atoms with Crippen LogP contribution in [-0.2, 0) is 0 Å². The van der Waals surface area contributed by atoms with Gasteiger partial charge in [0.15, 0.2) is 5.96 Å². The second-order valence-corrected chi connectivity index (χ2v) is 4.47. The topological polar surface area (TPSA) is 36.4 Å². The van der Waals surface area contributed by atoms with Gasteiger partial charge in [0.2, 0.25) is 0 Å². The van der Waals surface area contributed by atoms with Crippen molar-refractivity contribution in [1.29, 1.82) is 0 Å². The van der Waals surface area contributed by atoms with Crippen LogP contribution in [0, 0.1) is 0 Å². The standard InChI is InChI=1S/C13H26F3N3/c1-3-5-7-10-18-12(17-4-2)19-11-8-6-9-13(14,15)16/h3-11H2,1-2H3,(H2,17,18,19). The molecule has 3 nitrogen and oxygen atoms in total. The summed E-state index contributed by atoms with van der Waals surface area (Å²) in [6.45, 7) is 6.13. The van der Waals surface area contributed by atoms with E-state index in [1.54, 1.807) is 0 Å². The summed E-state index contributed by atoms with van der Waals surface area (Å²) >= 11 is 0. The Hall–Kier alpha value is -0.940. The van der Waals surface area contributed by atoms with Crippen LogP contribution in [-0.4, -0.2) is 31.8 Å². The maximum Gasteiger partial charge on any atom is 0.389 e. The van der Waals surface area contributed by atoms with Crippen LogP contribution < -0.4 is 10.6 Å². The van der Waals surface area contributed by atoms with Crippen molar-refractivity contribution in [1.82, 2.24) is 10.6 Å². The van der Waals surface area contributed by atoms with Gasteiger partial charge in [-0.05, 0) is 26.2 Å². The minimum Gasteiger partial charge on any atom is -0.357 e. The SMILES string of the molecule is CCCCCN=C(NCC)NCCCCC(F)(F)F. The van der Waals surface area contributed by atoms with E-state index in [0.29, 0.717) is 18.9 Å². The van der Waals surface area contributed by atoms with Crippen molar-refractivity contribution in [3.63, 3.8) is 0 Å². The molecule has 0 fully saturated rings. The number of halogens is 3. The van der Waals surface area contributed by atoms with Gasteiger partial charge >= 0.3 is 6.18 Å². The molecule has 0 heterocycles. The van der Waals surface area contributed by atoms with Crippen LogP contribution in [0.15, 0.2) is 4.99 Å². The van der Waals surface area contributed by atoms with Crippen LogP contribution in [0.25, 0.3) is 0 Å². The van der Waals surface area contributed by atoms with Gasteiger partial charge in [-0.2, -0.15) is 13.2 Å². The Labute approximate surface area is 114 Å². The van der Waals surface area contributed by atoms with Gasteiger partial charge in [0.1, 0.15) is 0 Å². The Kier molecular flexibility index (Phi) is 10.4. The molecule has 0 aromatic carbocycles. The quantitative estimate of drug-likeness (QED) is 0.386. The van der Waals surface area contributed by atoms with Crippen molar-refractivity contribution in [2.75, 3.05) is 19.6 Å². The second-order valence-electron chi connectivity index (χ2n) is 4.47. The summed E-state index contributed by atoms with van der Waals surface area (Å²) in [4.78, 5) is 4.37. The molecular weight excluding hydrogens is 255 g/mol. The molecule has 0 amide bonds. The van der Waals surface area contributed by atoms with E-state index in [2.05, 4.69) is 22.5 Å². The predicted octanol–water partition coefficient (Wildman–Crippen LogP) is 3.46. The molecule has 0 aromatic heterocycles. The molecule has 0 atom stereocenters. The van der Waals surface area contributed by atoms with E-state index in [0.717, 1.165) is 32.4 Å². The van der Waals surface area contributed by atoms with Crippen LogP contribution >= 0.6 is 0 Å². The molecule has 0 aliphatic rings. The average molecular weight is 281 g/mol. The van der Waals surface area contributed by atoms with Crippen molar-refractivity contribution in [3.8, 4) is 0 Å². The van der Waals surface area contributed by atoms with Gasteiger partial charge in [-0.3, -0.25) is 4.99 Å². The maximum atomic E-state index is 11.9. The fourth-order valence-corrected chi connectivity index (χ4v) is 1.55. The Morgan fingerprint density at radius 3 is 2.32 bits per heavy atom. The second kappa shape index (κ2) is 10.9. The normalized spacial score (nSPS) is 12.6. The minimum absolute atomic E-state index is 0.158. The first-order chi connectivity index (χ1) is 8.99. The highest BCUT2D eigenvalue weighted by Crippen LogP contribution is 2.21. The summed E-state index contributed by atoms with van der Waals surface area (Å²) < 4.78 is 35.8. The smallest absolute Gasteiger partial charge is 0.357 e. The third kappa shape index (κ3) is 13.3. The van der Waals surface area contributed by atoms with Crippen molar-refractivity contribution >= 4 is 5.96 Å². The number of alkyl halides is 3. The van der Waals surface area contributed by atoms with E-state index in [1.165, 1.54) is 0 Å². The summed E-state index contributed by atoms with van der Waals surface area (Å²) in [6, 6.07) is 0. The highest BCUT2D eigenvalue weighted by atomic mass is 19.4. The molecule has 0 bridgehead atoms. The molecule has 6 heteroatoms. The molecule has 0 radical (unpaired) electrons. The largest absolute Gasteiger partial charge is 0.389 e. The van der Waals surface area contributed by atoms with Crippen LogP contribution in [0.4, 0.5) is 13.2 Å². The fraction of sp³-hybridized carbons (Fsp3) is 0.923. The van der Waals surface area contributed by atoms with Gasteiger partial charge in [0, 0.05) is 26.1 Å². The highest BCUT2D eigenvalue weighted by Gasteiger charge is 2.25. The van der Waals surface area contributed by atoms with E-state index in [9.17, 15) is 13.2 Å². The van der Waals surface area contributed by atoms with Gasteiger partial charge in [0.05, 0.1) is 0 Å². The number of rotatable bonds is 9. The van der Waals surface area contributed by atoms with Crippen molar-refractivity contribution in [3.05, 3.63) is 0 Å². The highest BCUT2D eigenvalue weighted by molar-refractivity contribution is 5.79. The average Bonchev–Trinajstić information content (AvgIpc) is 2.32. The lowest BCUT2D eigenvalue weighted by Crippen LogP contribution is -2.37. The van der Waals surface area contributed by atoms with Crippen molar-refractivity contribution < 1.29 is 13.2 Å². The van der Waals surface area contributed by atoms with Crippen LogP contribution in [0.2, 0.25) is 0 Å². The molecule has 114 valence electrons. The molecule has 0 spiro atoms. The number of hydrogen-bond acceptors (Lipinski definition) is 1. The van der Waals surface area contributed by atoms with E-state index < -0.39 is 12.6 Å². The number of guanidine groups is 1. The lowest BCUT2D eigenvalue weighted by Gasteiger charge is -2.11. The van der Waals surface area contributed by atoms with Gasteiger partial charge in [0.25, 0.3) is 0 Å². The van der Waals surface area contributed by atoms with Gasteiger partial charge in [-0.1, -0.05) is 19.8 Å². The zero-order valence-electron chi connectivity index (χ0n) is 11.9. The first-order valence-electron chi connectivity index (χ1n) is 7.08. The Morgan fingerprint density at radius 1 is 1.00 bits per heavy atom. The molecule has 0 aromatic rings. The van der Waals surface area contributed by atoms with Crippen LogP contribution in [0.5, 0.6) is 0 Å². The zero-order valence-corrected chi connectivity index (χ0v) is 11.9. The Morgan fingerprint density at radius 2 is 1.74 bits per heavy atom. The summed E-state index contributed by atoms with van der Waals surface area (Å²) in [7, 11) is 0. The number of aliphatic imine (C=N–C) groups is 1. The lowest BCUT2D eigenvalue weighted by molar-refractivity contribution is -0.135. The van der Waals surface area contributed by atoms with Crippen molar-refractivity contribution in [2.24, 2.45) is 4.99 Å². The summed E-state index contributed by atoms with van der Waals surface area (Å²) in [5.41, 5.74) is 0. The number of nitrogens with one attached hydrogen (secondary N) is 2. The molecule has 0 rings (SSSR count). The van der Waals surface area contributed by atoms with Crippen LogP contribution in [0.3, 0.4) is 0 Å². The van der Waals surface area contributed by atoms with Crippen LogP contribution in [0.1, 0.15) is 52.4 Å². The Balaban J connectivity index is 3.75. The maximum absolute atomic E-state index is 11.9. The Bertz CT molecular complexity index is 240. The first-order valence-corrected chi connectivity index (χ1v) is 7.08. The van der Waals surface area contributed by atoms with Gasteiger partial charge in [-0.15, -0.1) is 0 Å². The number of nitrogens with zero attached hydrogens (tertiary/aromatic N) is 1. The third-order valence-corrected chi connectivity index (χ3v) is 2.56. The predicted molar refractivity (Wildman–Crippen MR) is 73.4 cm³/mol. The molecule has 19 heavy (non-hydrogen) atoms. The van der Waals surface area contributed by atoms with E-state index in [1.807, 2.05) is 6.92 Å². The van der Waals surface area contributed by atoms with Crippen molar-refractivity contribution in [2.45, 2.75) is 58.5 Å². The zero-order chi connectivity index (χ0) is 14.6. The summed E-state index contributed by atoms with van der Waals surface area (Å²) in [6.07, 6.45) is -0.755. The van der Waals surface area contributed by atoms with E-state index in [4.69, 9.17) is 0 Å². The summed E-state index contributed by atoms with van der Waals surface area (Å²) in [5, 5.41) is 6.14. The monoisotopic (exact) mass is 281 g/mol. The van der Waals surface area contributed by atoms with E-state index >= 15 is 0 Å². The molecule has 0 saturated carbocycles. The van der Waals surface area contributed by atoms with Gasteiger partial charge in [-0.25, -0.2) is 0 Å². The molecular formula is C13H26F3N3. The molecule has 0 aliphatic carbocycles. The molecule has 0 unspecified atom stereocenters. The molecule has 0 saturated heterocycles. The third-order valence-electron chi connectivity index (χ3n) is 2.56. The molecule has 2 N–H and O–H groups in total. The van der Waals surface area contributed by atoms with Gasteiger partial charge < -0.3 is 10.6 Å². The number of hydrogen-bond donors (Lipinski definition) is 2. The minimum atomic E-state index is -4.04. The lowest BCUT2D eigenvalue weighted by atomic mass is 10.2. The number of unbranched alkanes of at least 4 members (excludes halogenated alkanes) is 3. The first kappa shape index (κ1) is 18.1. The van der Waals surface area contributed by atoms with E-state index in [-0.39, 0.29) is 6.42 Å². The summed E-state index contributed by atoms with van der Waals surface area (Å²) in [5.74, 6) is 0.700. The molecule has 0 aliphatic heterocycles.